The normalized spacial score (nSPS) is 21.4. The van der Waals surface area contributed by atoms with Crippen molar-refractivity contribution in [2.75, 3.05) is 13.7 Å². The van der Waals surface area contributed by atoms with Crippen LogP contribution >= 0.6 is 12.4 Å². The molecule has 3 atom stereocenters. The van der Waals surface area contributed by atoms with Gasteiger partial charge in [-0.3, -0.25) is 4.79 Å². The van der Waals surface area contributed by atoms with Gasteiger partial charge in [-0.05, 0) is 57.2 Å². The average molecular weight is 341 g/mol. The number of carbonyl (C=O) groups excluding carboxylic acids is 1. The number of amides is 1. The van der Waals surface area contributed by atoms with Crippen LogP contribution < -0.4 is 10.5 Å². The van der Waals surface area contributed by atoms with Crippen LogP contribution in [0.25, 0.3) is 0 Å². The number of benzene rings is 1. The molecule has 0 spiro atoms. The fraction of sp³-hybridized carbons (Fsp3) is 0.611. The number of nitrogens with zero attached hydrogens (tertiary/aromatic N) is 1. The molecule has 0 bridgehead atoms. The Bertz CT molecular complexity index is 492. The van der Waals surface area contributed by atoms with Gasteiger partial charge in [0.1, 0.15) is 5.75 Å². The van der Waals surface area contributed by atoms with E-state index in [0.717, 1.165) is 38.0 Å². The van der Waals surface area contributed by atoms with E-state index < -0.39 is 0 Å². The Hall–Kier alpha value is -1.26. The lowest BCUT2D eigenvalue weighted by molar-refractivity contribution is -0.137. The molecule has 0 saturated heterocycles. The van der Waals surface area contributed by atoms with Crippen LogP contribution in [0.3, 0.4) is 0 Å². The van der Waals surface area contributed by atoms with Crippen molar-refractivity contribution < 1.29 is 9.53 Å². The summed E-state index contributed by atoms with van der Waals surface area (Å²) in [5.74, 6) is 1.25. The van der Waals surface area contributed by atoms with Crippen LogP contribution in [0.4, 0.5) is 0 Å². The molecule has 2 N–H and O–H groups in total. The second kappa shape index (κ2) is 9.14. The summed E-state index contributed by atoms with van der Waals surface area (Å²) in [6, 6.07) is 8.47. The first-order chi connectivity index (χ1) is 10.5. The molecule has 2 rings (SSSR count). The van der Waals surface area contributed by atoms with E-state index in [-0.39, 0.29) is 36.3 Å². The monoisotopic (exact) mass is 340 g/mol. The molecule has 0 aliphatic heterocycles. The van der Waals surface area contributed by atoms with Crippen LogP contribution in [0, 0.1) is 5.92 Å². The van der Waals surface area contributed by atoms with E-state index >= 15 is 0 Å². The van der Waals surface area contributed by atoms with Gasteiger partial charge < -0.3 is 15.4 Å². The van der Waals surface area contributed by atoms with Gasteiger partial charge in [0.2, 0.25) is 5.91 Å². The standard InChI is InChI=1S/C18H28N2O2.ClH/c1-4-20(18(21)15-7-8-16(19)12-15)13(2)11-14-5-9-17(22-3)10-6-14;/h5-6,9-10,13,15-16H,4,7-8,11-12,19H2,1-3H3;1H. The molecule has 5 heteroatoms. The quantitative estimate of drug-likeness (QED) is 0.866. The molecule has 0 aromatic heterocycles. The Balaban J connectivity index is 0.00000264. The van der Waals surface area contributed by atoms with Crippen molar-refractivity contribution >= 4 is 18.3 Å². The van der Waals surface area contributed by atoms with Gasteiger partial charge in [-0.2, -0.15) is 0 Å². The third-order valence-corrected chi connectivity index (χ3v) is 4.67. The minimum atomic E-state index is 0. The van der Waals surface area contributed by atoms with E-state index in [1.165, 1.54) is 5.56 Å². The van der Waals surface area contributed by atoms with Gasteiger partial charge in [-0.15, -0.1) is 12.4 Å². The fourth-order valence-corrected chi connectivity index (χ4v) is 3.37. The summed E-state index contributed by atoms with van der Waals surface area (Å²) >= 11 is 0. The van der Waals surface area contributed by atoms with Crippen molar-refractivity contribution in [3.05, 3.63) is 29.8 Å². The zero-order chi connectivity index (χ0) is 16.1. The van der Waals surface area contributed by atoms with Crippen molar-refractivity contribution in [1.29, 1.82) is 0 Å². The van der Waals surface area contributed by atoms with E-state index in [1.807, 2.05) is 17.0 Å². The second-order valence-corrected chi connectivity index (χ2v) is 6.30. The number of hydrogen-bond donors (Lipinski definition) is 1. The maximum Gasteiger partial charge on any atom is 0.225 e. The fourth-order valence-electron chi connectivity index (χ4n) is 3.37. The van der Waals surface area contributed by atoms with Crippen LogP contribution in [-0.2, 0) is 11.2 Å². The molecule has 0 heterocycles. The number of likely N-dealkylation sites (N-methyl/N-ethyl adjacent to an activating group) is 1. The Morgan fingerprint density at radius 3 is 2.48 bits per heavy atom. The Labute approximate surface area is 145 Å². The van der Waals surface area contributed by atoms with E-state index in [2.05, 4.69) is 26.0 Å². The number of hydrogen-bond acceptors (Lipinski definition) is 3. The summed E-state index contributed by atoms with van der Waals surface area (Å²) in [6.45, 7) is 4.93. The minimum absolute atomic E-state index is 0. The molecule has 1 aliphatic rings. The lowest BCUT2D eigenvalue weighted by Crippen LogP contribution is -2.42. The first-order valence-electron chi connectivity index (χ1n) is 8.24. The van der Waals surface area contributed by atoms with E-state index in [9.17, 15) is 4.79 Å². The van der Waals surface area contributed by atoms with Gasteiger partial charge in [0, 0.05) is 24.5 Å². The first kappa shape index (κ1) is 19.8. The van der Waals surface area contributed by atoms with Crippen molar-refractivity contribution in [3.63, 3.8) is 0 Å². The van der Waals surface area contributed by atoms with Gasteiger partial charge >= 0.3 is 0 Å². The number of ether oxygens (including phenoxy) is 1. The molecule has 1 aromatic carbocycles. The summed E-state index contributed by atoms with van der Waals surface area (Å²) < 4.78 is 5.18. The minimum Gasteiger partial charge on any atom is -0.497 e. The lowest BCUT2D eigenvalue weighted by atomic mass is 10.0. The van der Waals surface area contributed by atoms with Crippen molar-refractivity contribution in [2.24, 2.45) is 11.7 Å². The molecule has 1 amide bonds. The molecule has 0 radical (unpaired) electrons. The average Bonchev–Trinajstić information content (AvgIpc) is 2.95. The van der Waals surface area contributed by atoms with Crippen molar-refractivity contribution in [1.82, 2.24) is 4.90 Å². The van der Waals surface area contributed by atoms with Crippen LogP contribution in [0.1, 0.15) is 38.7 Å². The lowest BCUT2D eigenvalue weighted by Gasteiger charge is -2.30. The SMILES string of the molecule is CCN(C(=O)C1CCC(N)C1)C(C)Cc1ccc(OC)cc1.Cl. The molecule has 1 aliphatic carbocycles. The van der Waals surface area contributed by atoms with Gasteiger partial charge in [-0.1, -0.05) is 12.1 Å². The van der Waals surface area contributed by atoms with Gasteiger partial charge in [-0.25, -0.2) is 0 Å². The second-order valence-electron chi connectivity index (χ2n) is 6.30. The largest absolute Gasteiger partial charge is 0.497 e. The zero-order valence-electron chi connectivity index (χ0n) is 14.3. The van der Waals surface area contributed by atoms with Gasteiger partial charge in [0.15, 0.2) is 0 Å². The predicted molar refractivity (Wildman–Crippen MR) is 96.1 cm³/mol. The Kier molecular flexibility index (Phi) is 7.86. The highest BCUT2D eigenvalue weighted by atomic mass is 35.5. The number of rotatable bonds is 6. The summed E-state index contributed by atoms with van der Waals surface area (Å²) in [6.07, 6.45) is 3.61. The summed E-state index contributed by atoms with van der Waals surface area (Å²) in [5, 5.41) is 0. The molecule has 1 saturated carbocycles. The number of nitrogens with two attached hydrogens (primary N) is 1. The van der Waals surface area contributed by atoms with E-state index in [4.69, 9.17) is 10.5 Å². The maximum absolute atomic E-state index is 12.7. The van der Waals surface area contributed by atoms with E-state index in [1.54, 1.807) is 7.11 Å². The molecule has 4 nitrogen and oxygen atoms in total. The number of halogens is 1. The molecule has 3 unspecified atom stereocenters. The summed E-state index contributed by atoms with van der Waals surface area (Å²) in [4.78, 5) is 14.7. The molecule has 1 fully saturated rings. The zero-order valence-corrected chi connectivity index (χ0v) is 15.1. The van der Waals surface area contributed by atoms with Crippen LogP contribution in [0.15, 0.2) is 24.3 Å². The third-order valence-electron chi connectivity index (χ3n) is 4.67. The van der Waals surface area contributed by atoms with Crippen molar-refractivity contribution in [3.8, 4) is 5.75 Å². The highest BCUT2D eigenvalue weighted by Gasteiger charge is 2.32. The molecule has 130 valence electrons. The Morgan fingerprint density at radius 2 is 2.00 bits per heavy atom. The van der Waals surface area contributed by atoms with Crippen molar-refractivity contribution in [2.45, 2.75) is 51.6 Å². The number of methoxy groups -OCH3 is 1. The topological polar surface area (TPSA) is 55.6 Å². The van der Waals surface area contributed by atoms with Crippen LogP contribution in [-0.4, -0.2) is 36.5 Å². The number of carbonyl (C=O) groups is 1. The molecule has 23 heavy (non-hydrogen) atoms. The molecule has 1 aromatic rings. The van der Waals surface area contributed by atoms with E-state index in [0.29, 0.717) is 0 Å². The molecular formula is C18H29ClN2O2. The highest BCUT2D eigenvalue weighted by molar-refractivity contribution is 5.85. The summed E-state index contributed by atoms with van der Waals surface area (Å²) in [5.41, 5.74) is 7.17. The predicted octanol–water partition coefficient (Wildman–Crippen LogP) is 3.02. The van der Waals surface area contributed by atoms with Crippen LogP contribution in [0.5, 0.6) is 5.75 Å². The third kappa shape index (κ3) is 5.11. The van der Waals surface area contributed by atoms with Gasteiger partial charge in [0.05, 0.1) is 7.11 Å². The summed E-state index contributed by atoms with van der Waals surface area (Å²) in [7, 11) is 1.67. The van der Waals surface area contributed by atoms with Crippen LogP contribution in [0.2, 0.25) is 0 Å². The maximum atomic E-state index is 12.7. The highest BCUT2D eigenvalue weighted by Crippen LogP contribution is 2.27. The van der Waals surface area contributed by atoms with Gasteiger partial charge in [0.25, 0.3) is 0 Å². The molecular weight excluding hydrogens is 312 g/mol. The Morgan fingerprint density at radius 1 is 1.35 bits per heavy atom. The smallest absolute Gasteiger partial charge is 0.225 e. The first-order valence-corrected chi connectivity index (χ1v) is 8.24.